The molecular formula is C25H34N4O2. The predicted octanol–water partition coefficient (Wildman–Crippen LogP) is 4.85. The second-order valence-corrected chi connectivity index (χ2v) is 9.05. The van der Waals surface area contributed by atoms with Crippen LogP contribution in [0.4, 0.5) is 5.95 Å². The van der Waals surface area contributed by atoms with Gasteiger partial charge in [0.1, 0.15) is 5.75 Å². The number of hydrogen-bond acceptors (Lipinski definition) is 5. The number of hydrogen-bond donors (Lipinski definition) is 0. The Bertz CT molecular complexity index is 908. The summed E-state index contributed by atoms with van der Waals surface area (Å²) in [5.74, 6) is 2.31. The third-order valence-corrected chi connectivity index (χ3v) is 6.66. The summed E-state index contributed by atoms with van der Waals surface area (Å²) in [5.41, 5.74) is 2.94. The van der Waals surface area contributed by atoms with E-state index in [1.54, 1.807) is 7.11 Å². The zero-order chi connectivity index (χ0) is 21.8. The first kappa shape index (κ1) is 21.6. The second kappa shape index (κ2) is 9.67. The molecule has 4 rings (SSSR count). The van der Waals surface area contributed by atoms with E-state index in [4.69, 9.17) is 9.72 Å². The molecule has 1 aliphatic heterocycles. The Kier molecular flexibility index (Phi) is 6.73. The van der Waals surface area contributed by atoms with Crippen LogP contribution in [0.2, 0.25) is 0 Å². The van der Waals surface area contributed by atoms with Crippen molar-refractivity contribution in [3.63, 3.8) is 0 Å². The van der Waals surface area contributed by atoms with Gasteiger partial charge >= 0.3 is 0 Å². The molecule has 1 unspecified atom stereocenters. The minimum Gasteiger partial charge on any atom is -0.497 e. The topological polar surface area (TPSA) is 58.6 Å². The minimum atomic E-state index is -0.000934. The van der Waals surface area contributed by atoms with Gasteiger partial charge in [0.05, 0.1) is 18.8 Å². The molecule has 0 spiro atoms. The van der Waals surface area contributed by atoms with Crippen molar-refractivity contribution in [1.29, 1.82) is 0 Å². The number of nitrogens with zero attached hydrogens (tertiary/aromatic N) is 4. The van der Waals surface area contributed by atoms with Crippen LogP contribution in [0.1, 0.15) is 63.1 Å². The lowest BCUT2D eigenvalue weighted by Crippen LogP contribution is -2.33. The lowest BCUT2D eigenvalue weighted by atomic mass is 9.86. The maximum absolute atomic E-state index is 13.3. The van der Waals surface area contributed by atoms with Crippen LogP contribution in [0, 0.1) is 5.92 Å². The van der Waals surface area contributed by atoms with Crippen molar-refractivity contribution in [2.24, 2.45) is 5.92 Å². The van der Waals surface area contributed by atoms with Crippen molar-refractivity contribution in [2.75, 3.05) is 32.6 Å². The highest BCUT2D eigenvalue weighted by atomic mass is 16.5. The molecule has 1 saturated heterocycles. The molecule has 1 aromatic heterocycles. The number of methoxy groups -OCH3 is 1. The number of likely N-dealkylation sites (tertiary alicyclic amines) is 1. The molecule has 2 aliphatic rings. The second-order valence-electron chi connectivity index (χ2n) is 9.05. The molecule has 6 heteroatoms. The Labute approximate surface area is 185 Å². The molecule has 0 bridgehead atoms. The Morgan fingerprint density at radius 1 is 1.16 bits per heavy atom. The van der Waals surface area contributed by atoms with Crippen LogP contribution in [-0.2, 0) is 4.79 Å². The molecule has 31 heavy (non-hydrogen) atoms. The number of rotatable bonds is 6. The van der Waals surface area contributed by atoms with E-state index in [0.29, 0.717) is 18.3 Å². The predicted molar refractivity (Wildman–Crippen MR) is 123 cm³/mol. The van der Waals surface area contributed by atoms with E-state index < -0.39 is 0 Å². The van der Waals surface area contributed by atoms with Gasteiger partial charge in [-0.2, -0.15) is 0 Å². The van der Waals surface area contributed by atoms with Crippen LogP contribution in [0.25, 0.3) is 11.1 Å². The Morgan fingerprint density at radius 3 is 2.71 bits per heavy atom. The third kappa shape index (κ3) is 4.83. The van der Waals surface area contributed by atoms with Gasteiger partial charge in [0.15, 0.2) is 0 Å². The molecule has 6 nitrogen and oxygen atoms in total. The van der Waals surface area contributed by atoms with Crippen molar-refractivity contribution < 1.29 is 9.53 Å². The van der Waals surface area contributed by atoms with Crippen molar-refractivity contribution >= 4 is 11.9 Å². The molecule has 1 aromatic carbocycles. The summed E-state index contributed by atoms with van der Waals surface area (Å²) in [6.45, 7) is 0.815. The fourth-order valence-electron chi connectivity index (χ4n) is 4.97. The molecule has 2 heterocycles. The van der Waals surface area contributed by atoms with Crippen molar-refractivity contribution in [1.82, 2.24) is 14.9 Å². The Morgan fingerprint density at radius 2 is 1.97 bits per heavy atom. The fourth-order valence-corrected chi connectivity index (χ4v) is 4.97. The molecule has 1 saturated carbocycles. The van der Waals surface area contributed by atoms with E-state index in [-0.39, 0.29) is 11.9 Å². The van der Waals surface area contributed by atoms with Crippen molar-refractivity contribution in [2.45, 2.75) is 57.4 Å². The van der Waals surface area contributed by atoms with Gasteiger partial charge in [-0.15, -0.1) is 0 Å². The Hall–Kier alpha value is -2.63. The number of benzene rings is 1. The zero-order valence-electron chi connectivity index (χ0n) is 19.0. The van der Waals surface area contributed by atoms with Crippen LogP contribution < -0.4 is 9.64 Å². The van der Waals surface area contributed by atoms with Crippen LogP contribution in [0.15, 0.2) is 30.5 Å². The first-order valence-corrected chi connectivity index (χ1v) is 11.5. The molecule has 1 amide bonds. The lowest BCUT2D eigenvalue weighted by molar-refractivity contribution is -0.133. The maximum atomic E-state index is 13.3. The van der Waals surface area contributed by atoms with Gasteiger partial charge < -0.3 is 14.5 Å². The molecule has 1 aliphatic carbocycles. The summed E-state index contributed by atoms with van der Waals surface area (Å²) in [6, 6.07) is 8.00. The smallest absolute Gasteiger partial charge is 0.225 e. The number of aromatic nitrogens is 2. The first-order valence-electron chi connectivity index (χ1n) is 11.5. The normalized spacial score (nSPS) is 19.5. The molecule has 166 valence electrons. The summed E-state index contributed by atoms with van der Waals surface area (Å²) >= 11 is 0. The van der Waals surface area contributed by atoms with Crippen LogP contribution in [0.3, 0.4) is 0 Å². The number of anilines is 1. The fraction of sp³-hybridized carbons (Fsp3) is 0.560. The van der Waals surface area contributed by atoms with E-state index in [0.717, 1.165) is 42.0 Å². The van der Waals surface area contributed by atoms with E-state index in [1.807, 2.05) is 43.4 Å². The van der Waals surface area contributed by atoms with Gasteiger partial charge in [0.25, 0.3) is 0 Å². The van der Waals surface area contributed by atoms with Crippen molar-refractivity contribution in [3.05, 3.63) is 36.2 Å². The highest BCUT2D eigenvalue weighted by Crippen LogP contribution is 2.39. The minimum absolute atomic E-state index is 0.000934. The van der Waals surface area contributed by atoms with Crippen LogP contribution >= 0.6 is 0 Å². The molecular weight excluding hydrogens is 388 g/mol. The third-order valence-electron chi connectivity index (χ3n) is 6.66. The maximum Gasteiger partial charge on any atom is 0.225 e. The van der Waals surface area contributed by atoms with Gasteiger partial charge in [-0.3, -0.25) is 4.79 Å². The zero-order valence-corrected chi connectivity index (χ0v) is 19.0. The summed E-state index contributed by atoms with van der Waals surface area (Å²) in [6.07, 6.45) is 10.8. The molecule has 0 N–H and O–H groups in total. The number of ether oxygens (including phenoxy) is 1. The largest absolute Gasteiger partial charge is 0.497 e. The molecule has 2 fully saturated rings. The number of carbonyl (C=O) groups is 1. The average molecular weight is 423 g/mol. The van der Waals surface area contributed by atoms with Gasteiger partial charge in [-0.1, -0.05) is 31.4 Å². The number of amides is 1. The summed E-state index contributed by atoms with van der Waals surface area (Å²) in [5, 5.41) is 0. The SMILES string of the molecule is COc1cccc(-c2cnc(N(C)C)nc2C2CCCN2C(=O)CC2CCCCC2)c1. The van der Waals surface area contributed by atoms with E-state index in [1.165, 1.54) is 32.1 Å². The lowest BCUT2D eigenvalue weighted by Gasteiger charge is -2.29. The first-order chi connectivity index (χ1) is 15.1. The molecule has 2 aromatic rings. The van der Waals surface area contributed by atoms with E-state index in [9.17, 15) is 4.79 Å². The van der Waals surface area contributed by atoms with Gasteiger partial charge in [-0.25, -0.2) is 9.97 Å². The monoisotopic (exact) mass is 422 g/mol. The van der Waals surface area contributed by atoms with Crippen LogP contribution in [0.5, 0.6) is 5.75 Å². The van der Waals surface area contributed by atoms with E-state index in [2.05, 4.69) is 16.0 Å². The number of carbonyl (C=O) groups excluding carboxylic acids is 1. The molecule has 0 radical (unpaired) electrons. The summed E-state index contributed by atoms with van der Waals surface area (Å²) < 4.78 is 5.43. The summed E-state index contributed by atoms with van der Waals surface area (Å²) in [7, 11) is 5.57. The van der Waals surface area contributed by atoms with E-state index >= 15 is 0 Å². The average Bonchev–Trinajstić information content (AvgIpc) is 3.29. The quantitative estimate of drug-likeness (QED) is 0.666. The highest BCUT2D eigenvalue weighted by Gasteiger charge is 2.34. The van der Waals surface area contributed by atoms with Crippen LogP contribution in [-0.4, -0.2) is 48.5 Å². The van der Waals surface area contributed by atoms with Gasteiger partial charge in [0, 0.05) is 38.8 Å². The standard InChI is InChI=1S/C25H34N4O2/c1-28(2)25-26-17-21(19-11-7-12-20(16-19)31-3)24(27-25)22-13-8-14-29(22)23(30)15-18-9-5-4-6-10-18/h7,11-12,16-18,22H,4-6,8-10,13-15H2,1-3H3. The Balaban J connectivity index is 1.66. The van der Waals surface area contributed by atoms with Crippen molar-refractivity contribution in [3.8, 4) is 16.9 Å². The highest BCUT2D eigenvalue weighted by molar-refractivity contribution is 5.78. The summed E-state index contributed by atoms with van der Waals surface area (Å²) in [4.78, 5) is 26.8. The van der Waals surface area contributed by atoms with Gasteiger partial charge in [-0.05, 0) is 49.3 Å². The van der Waals surface area contributed by atoms with Gasteiger partial charge in [0.2, 0.25) is 11.9 Å². The molecule has 1 atom stereocenters.